The van der Waals surface area contributed by atoms with Crippen molar-refractivity contribution in [3.8, 4) is 0 Å². The first-order chi connectivity index (χ1) is 10.1. The van der Waals surface area contributed by atoms with Gasteiger partial charge in [-0.15, -0.1) is 0 Å². The zero-order chi connectivity index (χ0) is 15.2. The summed E-state index contributed by atoms with van der Waals surface area (Å²) in [6.45, 7) is 6.84. The number of nitrogens with one attached hydrogen (secondary N) is 2. The van der Waals surface area contributed by atoms with E-state index in [9.17, 15) is 4.79 Å². The SMILES string of the molecule is COCCNC(=O)C(C)N1CC(C)NCc2ccccc21. The molecule has 5 heteroatoms. The lowest BCUT2D eigenvalue weighted by Crippen LogP contribution is -2.49. The van der Waals surface area contributed by atoms with E-state index in [2.05, 4.69) is 34.6 Å². The molecule has 1 amide bonds. The van der Waals surface area contributed by atoms with E-state index in [0.29, 0.717) is 19.2 Å². The zero-order valence-corrected chi connectivity index (χ0v) is 13.1. The Kier molecular flexibility index (Phi) is 5.59. The van der Waals surface area contributed by atoms with E-state index in [-0.39, 0.29) is 11.9 Å². The normalized spacial score (nSPS) is 19.6. The van der Waals surface area contributed by atoms with Crippen molar-refractivity contribution in [1.29, 1.82) is 0 Å². The maximum atomic E-state index is 12.3. The topological polar surface area (TPSA) is 53.6 Å². The first-order valence-electron chi connectivity index (χ1n) is 7.48. The number of hydrogen-bond acceptors (Lipinski definition) is 4. The van der Waals surface area contributed by atoms with Crippen molar-refractivity contribution < 1.29 is 9.53 Å². The van der Waals surface area contributed by atoms with E-state index in [1.807, 2.05) is 19.1 Å². The van der Waals surface area contributed by atoms with Gasteiger partial charge < -0.3 is 20.3 Å². The van der Waals surface area contributed by atoms with Gasteiger partial charge in [0.05, 0.1) is 6.61 Å². The molecule has 0 saturated carbocycles. The molecule has 0 fully saturated rings. The molecule has 1 aromatic carbocycles. The Morgan fingerprint density at radius 2 is 2.29 bits per heavy atom. The van der Waals surface area contributed by atoms with Crippen LogP contribution in [0.2, 0.25) is 0 Å². The predicted octanol–water partition coefficient (Wildman–Crippen LogP) is 1.14. The van der Waals surface area contributed by atoms with Crippen LogP contribution in [0.1, 0.15) is 19.4 Å². The molecule has 0 radical (unpaired) electrons. The molecule has 2 rings (SSSR count). The average Bonchev–Trinajstić information content (AvgIpc) is 2.66. The molecule has 1 aliphatic heterocycles. The van der Waals surface area contributed by atoms with Gasteiger partial charge in [-0.3, -0.25) is 4.79 Å². The number of nitrogens with zero attached hydrogens (tertiary/aromatic N) is 1. The van der Waals surface area contributed by atoms with Gasteiger partial charge in [0.15, 0.2) is 0 Å². The molecule has 0 aliphatic carbocycles. The summed E-state index contributed by atoms with van der Waals surface area (Å²) >= 11 is 0. The van der Waals surface area contributed by atoms with Crippen LogP contribution in [-0.4, -0.2) is 44.8 Å². The number of rotatable bonds is 5. The average molecular weight is 291 g/mol. The van der Waals surface area contributed by atoms with Crippen molar-refractivity contribution in [2.24, 2.45) is 0 Å². The monoisotopic (exact) mass is 291 g/mol. The molecule has 0 saturated heterocycles. The van der Waals surface area contributed by atoms with Crippen LogP contribution in [0.5, 0.6) is 0 Å². The van der Waals surface area contributed by atoms with E-state index < -0.39 is 0 Å². The molecular formula is C16H25N3O2. The number of carbonyl (C=O) groups excluding carboxylic acids is 1. The van der Waals surface area contributed by atoms with E-state index in [1.54, 1.807) is 7.11 Å². The summed E-state index contributed by atoms with van der Waals surface area (Å²) in [5, 5.41) is 6.40. The van der Waals surface area contributed by atoms with Gasteiger partial charge in [0.2, 0.25) is 5.91 Å². The summed E-state index contributed by atoms with van der Waals surface area (Å²) in [6, 6.07) is 8.41. The summed E-state index contributed by atoms with van der Waals surface area (Å²) < 4.78 is 4.97. The Bertz CT molecular complexity index is 478. The standard InChI is InChI=1S/C16H25N3O2/c1-12-11-19(13(2)16(20)17-8-9-21-3)15-7-5-4-6-14(15)10-18-12/h4-7,12-13,18H,8-11H2,1-3H3,(H,17,20). The van der Waals surface area contributed by atoms with E-state index in [1.165, 1.54) is 5.56 Å². The van der Waals surface area contributed by atoms with Gasteiger partial charge in [-0.25, -0.2) is 0 Å². The fraction of sp³-hybridized carbons (Fsp3) is 0.562. The molecule has 0 spiro atoms. The van der Waals surface area contributed by atoms with Crippen LogP contribution in [0.3, 0.4) is 0 Å². The van der Waals surface area contributed by atoms with Crippen LogP contribution in [0.4, 0.5) is 5.69 Å². The van der Waals surface area contributed by atoms with Crippen molar-refractivity contribution in [3.05, 3.63) is 29.8 Å². The lowest BCUT2D eigenvalue weighted by atomic mass is 10.1. The summed E-state index contributed by atoms with van der Waals surface area (Å²) in [7, 11) is 1.63. The maximum absolute atomic E-state index is 12.3. The van der Waals surface area contributed by atoms with Gasteiger partial charge in [0.25, 0.3) is 0 Å². The van der Waals surface area contributed by atoms with Crippen LogP contribution in [-0.2, 0) is 16.1 Å². The van der Waals surface area contributed by atoms with Gasteiger partial charge in [-0.05, 0) is 25.5 Å². The molecule has 1 heterocycles. The molecule has 0 bridgehead atoms. The smallest absolute Gasteiger partial charge is 0.242 e. The largest absolute Gasteiger partial charge is 0.383 e. The highest BCUT2D eigenvalue weighted by Gasteiger charge is 2.26. The molecule has 1 aliphatic rings. The lowest BCUT2D eigenvalue weighted by molar-refractivity contribution is -0.122. The molecule has 2 unspecified atom stereocenters. The Balaban J connectivity index is 2.14. The molecule has 2 atom stereocenters. The molecule has 116 valence electrons. The van der Waals surface area contributed by atoms with Crippen molar-refractivity contribution in [3.63, 3.8) is 0 Å². The molecule has 5 nitrogen and oxygen atoms in total. The van der Waals surface area contributed by atoms with E-state index in [4.69, 9.17) is 4.74 Å². The number of benzene rings is 1. The minimum atomic E-state index is -0.203. The zero-order valence-electron chi connectivity index (χ0n) is 13.1. The van der Waals surface area contributed by atoms with Crippen molar-refractivity contribution in [1.82, 2.24) is 10.6 Å². The van der Waals surface area contributed by atoms with Crippen molar-refractivity contribution in [2.75, 3.05) is 31.7 Å². The Morgan fingerprint density at radius 3 is 3.05 bits per heavy atom. The van der Waals surface area contributed by atoms with Crippen molar-refractivity contribution >= 4 is 11.6 Å². The van der Waals surface area contributed by atoms with Gasteiger partial charge in [0.1, 0.15) is 6.04 Å². The first-order valence-corrected chi connectivity index (χ1v) is 7.48. The second kappa shape index (κ2) is 7.43. The number of fused-ring (bicyclic) bond motifs is 1. The van der Waals surface area contributed by atoms with Gasteiger partial charge in [-0.1, -0.05) is 18.2 Å². The summed E-state index contributed by atoms with van der Waals surface area (Å²) in [6.07, 6.45) is 0. The van der Waals surface area contributed by atoms with Crippen LogP contribution in [0.15, 0.2) is 24.3 Å². The molecule has 2 N–H and O–H groups in total. The maximum Gasteiger partial charge on any atom is 0.242 e. The number of para-hydroxylation sites is 1. The second-order valence-corrected chi connectivity index (χ2v) is 5.52. The number of anilines is 1. The number of carbonyl (C=O) groups is 1. The number of methoxy groups -OCH3 is 1. The molecular weight excluding hydrogens is 266 g/mol. The third-order valence-corrected chi connectivity index (χ3v) is 3.86. The summed E-state index contributed by atoms with van der Waals surface area (Å²) in [5.41, 5.74) is 2.38. The molecule has 1 aromatic rings. The minimum Gasteiger partial charge on any atom is -0.383 e. The summed E-state index contributed by atoms with van der Waals surface area (Å²) in [5.74, 6) is 0.0379. The van der Waals surface area contributed by atoms with Gasteiger partial charge in [-0.2, -0.15) is 0 Å². The third-order valence-electron chi connectivity index (χ3n) is 3.86. The second-order valence-electron chi connectivity index (χ2n) is 5.52. The lowest BCUT2D eigenvalue weighted by Gasteiger charge is -2.31. The first kappa shape index (κ1) is 15.8. The van der Waals surface area contributed by atoms with Crippen LogP contribution in [0.25, 0.3) is 0 Å². The van der Waals surface area contributed by atoms with Gasteiger partial charge >= 0.3 is 0 Å². The quantitative estimate of drug-likeness (QED) is 0.799. The predicted molar refractivity (Wildman–Crippen MR) is 84.4 cm³/mol. The third kappa shape index (κ3) is 3.95. The van der Waals surface area contributed by atoms with Gasteiger partial charge in [0, 0.05) is 38.5 Å². The Morgan fingerprint density at radius 1 is 1.52 bits per heavy atom. The summed E-state index contributed by atoms with van der Waals surface area (Å²) in [4.78, 5) is 14.5. The van der Waals surface area contributed by atoms with E-state index >= 15 is 0 Å². The molecule has 21 heavy (non-hydrogen) atoms. The highest BCUT2D eigenvalue weighted by atomic mass is 16.5. The number of ether oxygens (including phenoxy) is 1. The fourth-order valence-electron chi connectivity index (χ4n) is 2.61. The van der Waals surface area contributed by atoms with Crippen LogP contribution >= 0.6 is 0 Å². The number of amides is 1. The minimum absolute atomic E-state index is 0.0379. The van der Waals surface area contributed by atoms with E-state index in [0.717, 1.165) is 18.8 Å². The van der Waals surface area contributed by atoms with Crippen LogP contribution < -0.4 is 15.5 Å². The highest BCUT2D eigenvalue weighted by Crippen LogP contribution is 2.25. The van der Waals surface area contributed by atoms with Crippen LogP contribution in [0, 0.1) is 0 Å². The Labute approximate surface area is 126 Å². The highest BCUT2D eigenvalue weighted by molar-refractivity contribution is 5.85. The number of hydrogen-bond donors (Lipinski definition) is 2. The Hall–Kier alpha value is -1.59. The fourth-order valence-corrected chi connectivity index (χ4v) is 2.61. The van der Waals surface area contributed by atoms with Crippen molar-refractivity contribution in [2.45, 2.75) is 32.5 Å². The molecule has 0 aromatic heterocycles.